The molecule has 4 aromatic rings. The summed E-state index contributed by atoms with van der Waals surface area (Å²) in [7, 11) is 0. The number of hydrogen-bond donors (Lipinski definition) is 0. The van der Waals surface area contributed by atoms with Gasteiger partial charge < -0.3 is 9.47 Å². The number of benzene rings is 2. The molecule has 2 aromatic heterocycles. The Bertz CT molecular complexity index is 1180. The first-order valence-corrected chi connectivity index (χ1v) is 9.96. The first-order chi connectivity index (χ1) is 15.2. The van der Waals surface area contributed by atoms with Crippen LogP contribution in [0.25, 0.3) is 10.9 Å². The number of carbonyl (C=O) groups excluding carboxylic acids is 1. The molecule has 0 unspecified atom stereocenters. The van der Waals surface area contributed by atoms with Gasteiger partial charge in [-0.1, -0.05) is 30.3 Å². The first-order valence-electron chi connectivity index (χ1n) is 9.96. The van der Waals surface area contributed by atoms with Gasteiger partial charge in [-0.2, -0.15) is 0 Å². The Labute approximate surface area is 179 Å². The van der Waals surface area contributed by atoms with Crippen molar-refractivity contribution >= 4 is 22.6 Å². The fourth-order valence-corrected chi connectivity index (χ4v) is 3.33. The largest absolute Gasteiger partial charge is 0.489 e. The van der Waals surface area contributed by atoms with Crippen LogP contribution < -0.4 is 9.75 Å². The van der Waals surface area contributed by atoms with Crippen molar-refractivity contribution in [1.29, 1.82) is 0 Å². The van der Waals surface area contributed by atoms with E-state index in [2.05, 4.69) is 4.98 Å². The number of anilines is 1. The predicted molar refractivity (Wildman–Crippen MR) is 116 cm³/mol. The predicted octanol–water partition coefficient (Wildman–Crippen LogP) is 4.59. The maximum atomic E-state index is 14.5. The second-order valence-electron chi connectivity index (χ2n) is 6.84. The Balaban J connectivity index is 1.64. The summed E-state index contributed by atoms with van der Waals surface area (Å²) >= 11 is 0. The maximum Gasteiger partial charge on any atom is 0.327 e. The van der Waals surface area contributed by atoms with Crippen molar-refractivity contribution in [2.75, 3.05) is 18.2 Å². The zero-order chi connectivity index (χ0) is 21.6. The molecule has 0 bridgehead atoms. The second kappa shape index (κ2) is 9.30. The van der Waals surface area contributed by atoms with Gasteiger partial charge in [-0.05, 0) is 42.8 Å². The molecule has 0 saturated carbocycles. The van der Waals surface area contributed by atoms with E-state index in [-0.39, 0.29) is 18.8 Å². The van der Waals surface area contributed by atoms with Gasteiger partial charge in [0.15, 0.2) is 5.82 Å². The number of nitrogens with zero attached hydrogens (tertiary/aromatic N) is 3. The van der Waals surface area contributed by atoms with E-state index in [0.29, 0.717) is 6.61 Å². The molecule has 0 aliphatic rings. The number of esters is 1. The summed E-state index contributed by atoms with van der Waals surface area (Å²) in [6, 6.07) is 19.0. The Kier molecular flexibility index (Phi) is 6.12. The van der Waals surface area contributed by atoms with Gasteiger partial charge in [-0.25, -0.2) is 4.39 Å². The van der Waals surface area contributed by atoms with Crippen molar-refractivity contribution in [2.45, 2.75) is 13.5 Å². The topological polar surface area (TPSA) is 56.6 Å². The summed E-state index contributed by atoms with van der Waals surface area (Å²) in [5.41, 5.74) is 2.10. The van der Waals surface area contributed by atoms with Gasteiger partial charge in [0.25, 0.3) is 0 Å². The van der Waals surface area contributed by atoms with E-state index in [1.54, 1.807) is 17.8 Å². The van der Waals surface area contributed by atoms with E-state index in [0.717, 1.165) is 28.4 Å². The smallest absolute Gasteiger partial charge is 0.327 e. The van der Waals surface area contributed by atoms with Crippen LogP contribution in [0.1, 0.15) is 12.5 Å². The average molecular weight is 419 g/mol. The molecule has 0 aliphatic carbocycles. The zero-order valence-corrected chi connectivity index (χ0v) is 17.1. The molecule has 0 fully saturated rings. The molecule has 0 spiro atoms. The molecule has 0 amide bonds. The highest BCUT2D eigenvalue weighted by molar-refractivity contribution is 5.84. The van der Waals surface area contributed by atoms with E-state index < -0.39 is 11.8 Å². The van der Waals surface area contributed by atoms with Crippen LogP contribution in [0, 0.1) is 5.82 Å². The Morgan fingerprint density at radius 2 is 1.97 bits per heavy atom. The number of carbonyl (C=O) groups is 1. The van der Waals surface area contributed by atoms with E-state index in [1.807, 2.05) is 54.6 Å². The number of pyridine rings is 1. The van der Waals surface area contributed by atoms with Crippen LogP contribution in [-0.2, 0) is 16.1 Å². The summed E-state index contributed by atoms with van der Waals surface area (Å²) in [6.07, 6.45) is 4.39. The maximum absolute atomic E-state index is 14.5. The Morgan fingerprint density at radius 3 is 2.74 bits per heavy atom. The Hall–Kier alpha value is -3.87. The summed E-state index contributed by atoms with van der Waals surface area (Å²) in [6.45, 7) is 2.30. The molecule has 4 rings (SSSR count). The quantitative estimate of drug-likeness (QED) is 0.391. The SMILES string of the molecule is CCOC(=O)CN(c1ccncc1F)n1ccc2cc(OCc3ccccc3)ccc21. The van der Waals surface area contributed by atoms with Crippen molar-refractivity contribution in [3.8, 4) is 5.75 Å². The second-order valence-corrected chi connectivity index (χ2v) is 6.84. The fourth-order valence-electron chi connectivity index (χ4n) is 3.33. The monoisotopic (exact) mass is 419 g/mol. The van der Waals surface area contributed by atoms with E-state index in [9.17, 15) is 9.18 Å². The van der Waals surface area contributed by atoms with Gasteiger partial charge in [0, 0.05) is 17.8 Å². The highest BCUT2D eigenvalue weighted by Crippen LogP contribution is 2.26. The minimum atomic E-state index is -0.531. The number of aromatic nitrogens is 2. The molecule has 6 nitrogen and oxygen atoms in total. The first kappa shape index (κ1) is 20.4. The molecular formula is C24H22FN3O3. The third-order valence-electron chi connectivity index (χ3n) is 4.76. The van der Waals surface area contributed by atoms with E-state index in [4.69, 9.17) is 9.47 Å². The highest BCUT2D eigenvalue weighted by Gasteiger charge is 2.19. The minimum Gasteiger partial charge on any atom is -0.489 e. The van der Waals surface area contributed by atoms with Crippen LogP contribution >= 0.6 is 0 Å². The molecule has 0 radical (unpaired) electrons. The van der Waals surface area contributed by atoms with Crippen LogP contribution in [-0.4, -0.2) is 28.8 Å². The van der Waals surface area contributed by atoms with Gasteiger partial charge in [0.05, 0.1) is 24.0 Å². The third kappa shape index (κ3) is 4.66. The van der Waals surface area contributed by atoms with Crippen molar-refractivity contribution in [1.82, 2.24) is 9.66 Å². The molecule has 7 heteroatoms. The number of ether oxygens (including phenoxy) is 2. The zero-order valence-electron chi connectivity index (χ0n) is 17.1. The number of hydrogen-bond acceptors (Lipinski definition) is 5. The van der Waals surface area contributed by atoms with Crippen LogP contribution in [0.15, 0.2) is 79.3 Å². The lowest BCUT2D eigenvalue weighted by Gasteiger charge is -2.26. The van der Waals surface area contributed by atoms with Gasteiger partial charge in [-0.3, -0.25) is 19.5 Å². The number of halogens is 1. The van der Waals surface area contributed by atoms with E-state index >= 15 is 0 Å². The van der Waals surface area contributed by atoms with Crippen molar-refractivity contribution < 1.29 is 18.7 Å². The normalized spacial score (nSPS) is 10.8. The van der Waals surface area contributed by atoms with Gasteiger partial charge in [0.1, 0.15) is 18.9 Å². The standard InChI is InChI=1S/C24H22FN3O3/c1-2-30-24(29)16-28(23-10-12-26-15-21(23)25)27-13-11-19-14-20(8-9-22(19)27)31-17-18-6-4-3-5-7-18/h3-15H,2,16-17H2,1H3. The van der Waals surface area contributed by atoms with Crippen LogP contribution in [0.3, 0.4) is 0 Å². The van der Waals surface area contributed by atoms with Crippen molar-refractivity contribution in [2.24, 2.45) is 0 Å². The summed E-state index contributed by atoms with van der Waals surface area (Å²) in [4.78, 5) is 16.0. The average Bonchev–Trinajstić information content (AvgIpc) is 3.21. The lowest BCUT2D eigenvalue weighted by atomic mass is 10.2. The van der Waals surface area contributed by atoms with Crippen LogP contribution in [0.2, 0.25) is 0 Å². The molecule has 158 valence electrons. The number of fused-ring (bicyclic) bond motifs is 1. The van der Waals surface area contributed by atoms with Crippen LogP contribution in [0.4, 0.5) is 10.1 Å². The van der Waals surface area contributed by atoms with Crippen molar-refractivity contribution in [3.05, 3.63) is 90.6 Å². The molecular weight excluding hydrogens is 397 g/mol. The summed E-state index contributed by atoms with van der Waals surface area (Å²) < 4.78 is 27.2. The minimum absolute atomic E-state index is 0.148. The molecule has 0 N–H and O–H groups in total. The fraction of sp³-hybridized carbons (Fsp3) is 0.167. The van der Waals surface area contributed by atoms with Gasteiger partial charge in [0.2, 0.25) is 0 Å². The van der Waals surface area contributed by atoms with E-state index in [1.165, 1.54) is 17.3 Å². The molecule has 31 heavy (non-hydrogen) atoms. The lowest BCUT2D eigenvalue weighted by Crippen LogP contribution is -2.35. The Morgan fingerprint density at radius 1 is 1.13 bits per heavy atom. The molecule has 2 heterocycles. The third-order valence-corrected chi connectivity index (χ3v) is 4.76. The summed E-state index contributed by atoms with van der Waals surface area (Å²) in [5, 5.41) is 2.43. The molecule has 2 aromatic carbocycles. The van der Waals surface area contributed by atoms with Gasteiger partial charge in [-0.15, -0.1) is 0 Å². The molecule has 0 atom stereocenters. The molecule has 0 saturated heterocycles. The lowest BCUT2D eigenvalue weighted by molar-refractivity contribution is -0.141. The van der Waals surface area contributed by atoms with Crippen LogP contribution in [0.5, 0.6) is 5.75 Å². The highest BCUT2D eigenvalue weighted by atomic mass is 19.1. The molecule has 0 aliphatic heterocycles. The number of rotatable bonds is 8. The van der Waals surface area contributed by atoms with Crippen molar-refractivity contribution in [3.63, 3.8) is 0 Å². The summed E-state index contributed by atoms with van der Waals surface area (Å²) in [5.74, 6) is -0.263. The van der Waals surface area contributed by atoms with Gasteiger partial charge >= 0.3 is 5.97 Å².